The normalized spacial score (nSPS) is 19.6. The second-order valence-corrected chi connectivity index (χ2v) is 5.93. The lowest BCUT2D eigenvalue weighted by molar-refractivity contribution is -0.169. The average Bonchev–Trinajstić information content (AvgIpc) is 3.29. The fraction of sp³-hybridized carbons (Fsp3) is 0.412. The molecule has 2 aromatic rings. The number of furan rings is 1. The van der Waals surface area contributed by atoms with Gasteiger partial charge >= 0.3 is 0 Å². The van der Waals surface area contributed by atoms with Crippen LogP contribution in [-0.4, -0.2) is 43.0 Å². The molecule has 0 atom stereocenters. The van der Waals surface area contributed by atoms with E-state index in [9.17, 15) is 4.79 Å². The van der Waals surface area contributed by atoms with Gasteiger partial charge < -0.3 is 24.1 Å². The average molecular weight is 329 g/mol. The molecule has 2 aliphatic rings. The van der Waals surface area contributed by atoms with Crippen LogP contribution in [0.2, 0.25) is 0 Å². The molecular weight excluding hydrogens is 310 g/mol. The number of nitrogens with zero attached hydrogens (tertiary/aromatic N) is 2. The molecule has 0 radical (unpaired) electrons. The third kappa shape index (κ3) is 3.00. The molecule has 2 aliphatic heterocycles. The number of carbonyl (C=O) groups is 1. The molecule has 24 heavy (non-hydrogen) atoms. The van der Waals surface area contributed by atoms with Crippen LogP contribution in [0, 0.1) is 0 Å². The number of hydrogen-bond acceptors (Lipinski definition) is 6. The maximum absolute atomic E-state index is 11.9. The van der Waals surface area contributed by atoms with E-state index >= 15 is 0 Å². The van der Waals surface area contributed by atoms with E-state index in [2.05, 4.69) is 15.2 Å². The SMILES string of the molecule is O=C(Nc1ccc(N2CCC3(CC2)OCCO3)nc1)c1ccco1. The first-order valence-electron chi connectivity index (χ1n) is 8.08. The first-order chi connectivity index (χ1) is 11.7. The van der Waals surface area contributed by atoms with E-state index in [1.54, 1.807) is 18.3 Å². The van der Waals surface area contributed by atoms with Gasteiger partial charge in [-0.25, -0.2) is 4.98 Å². The number of ether oxygens (including phenoxy) is 2. The summed E-state index contributed by atoms with van der Waals surface area (Å²) in [4.78, 5) is 18.6. The van der Waals surface area contributed by atoms with Crippen LogP contribution in [0.15, 0.2) is 41.1 Å². The van der Waals surface area contributed by atoms with Gasteiger partial charge in [-0.05, 0) is 24.3 Å². The molecule has 2 saturated heterocycles. The number of carbonyl (C=O) groups excluding carboxylic acids is 1. The van der Waals surface area contributed by atoms with Crippen molar-refractivity contribution in [2.75, 3.05) is 36.5 Å². The molecule has 1 spiro atoms. The monoisotopic (exact) mass is 329 g/mol. The van der Waals surface area contributed by atoms with Crippen LogP contribution in [0.3, 0.4) is 0 Å². The van der Waals surface area contributed by atoms with Crippen molar-refractivity contribution in [3.8, 4) is 0 Å². The van der Waals surface area contributed by atoms with Crippen LogP contribution in [0.1, 0.15) is 23.4 Å². The molecule has 0 saturated carbocycles. The Morgan fingerprint density at radius 1 is 1.17 bits per heavy atom. The van der Waals surface area contributed by atoms with Crippen LogP contribution in [-0.2, 0) is 9.47 Å². The Morgan fingerprint density at radius 2 is 1.96 bits per heavy atom. The summed E-state index contributed by atoms with van der Waals surface area (Å²) in [5.41, 5.74) is 0.635. The smallest absolute Gasteiger partial charge is 0.291 e. The largest absolute Gasteiger partial charge is 0.459 e. The Kier molecular flexibility index (Phi) is 3.95. The van der Waals surface area contributed by atoms with Crippen LogP contribution >= 0.6 is 0 Å². The quantitative estimate of drug-likeness (QED) is 0.931. The Balaban J connectivity index is 1.37. The van der Waals surface area contributed by atoms with Gasteiger partial charge in [0, 0.05) is 25.9 Å². The third-order valence-corrected chi connectivity index (χ3v) is 4.41. The van der Waals surface area contributed by atoms with E-state index < -0.39 is 0 Å². The van der Waals surface area contributed by atoms with Crippen LogP contribution in [0.4, 0.5) is 11.5 Å². The number of anilines is 2. The second-order valence-electron chi connectivity index (χ2n) is 5.93. The fourth-order valence-electron chi connectivity index (χ4n) is 3.11. The lowest BCUT2D eigenvalue weighted by Crippen LogP contribution is -2.45. The molecule has 2 fully saturated rings. The highest BCUT2D eigenvalue weighted by molar-refractivity contribution is 6.02. The molecule has 7 nitrogen and oxygen atoms in total. The fourth-order valence-corrected chi connectivity index (χ4v) is 3.11. The summed E-state index contributed by atoms with van der Waals surface area (Å²) in [6.45, 7) is 3.04. The van der Waals surface area contributed by atoms with E-state index in [1.807, 2.05) is 12.1 Å². The van der Waals surface area contributed by atoms with Crippen molar-refractivity contribution in [3.63, 3.8) is 0 Å². The molecular formula is C17H19N3O4. The van der Waals surface area contributed by atoms with Gasteiger partial charge in [0.1, 0.15) is 5.82 Å². The number of amides is 1. The minimum absolute atomic E-state index is 0.275. The molecule has 1 N–H and O–H groups in total. The second kappa shape index (κ2) is 6.26. The van der Waals surface area contributed by atoms with E-state index in [1.165, 1.54) is 6.26 Å². The molecule has 2 aromatic heterocycles. The van der Waals surface area contributed by atoms with E-state index in [0.29, 0.717) is 18.9 Å². The summed E-state index contributed by atoms with van der Waals surface area (Å²) in [5, 5.41) is 2.76. The molecule has 1 amide bonds. The highest BCUT2D eigenvalue weighted by Gasteiger charge is 2.39. The summed E-state index contributed by atoms with van der Waals surface area (Å²) in [6, 6.07) is 7.05. The van der Waals surface area contributed by atoms with Crippen molar-refractivity contribution >= 4 is 17.4 Å². The van der Waals surface area contributed by atoms with Crippen molar-refractivity contribution in [1.82, 2.24) is 4.98 Å². The number of aromatic nitrogens is 1. The third-order valence-electron chi connectivity index (χ3n) is 4.41. The van der Waals surface area contributed by atoms with Crippen LogP contribution in [0.5, 0.6) is 0 Å². The lowest BCUT2D eigenvalue weighted by atomic mass is 10.0. The first kappa shape index (κ1) is 15.2. The zero-order chi connectivity index (χ0) is 16.4. The number of hydrogen-bond donors (Lipinski definition) is 1. The predicted octanol–water partition coefficient (Wildman–Crippen LogP) is 2.27. The topological polar surface area (TPSA) is 76.8 Å². The zero-order valence-corrected chi connectivity index (χ0v) is 13.2. The molecule has 0 bridgehead atoms. The van der Waals surface area contributed by atoms with Gasteiger partial charge in [0.05, 0.1) is 31.4 Å². The van der Waals surface area contributed by atoms with Gasteiger partial charge in [-0.3, -0.25) is 4.79 Å². The van der Waals surface area contributed by atoms with Crippen molar-refractivity contribution in [3.05, 3.63) is 42.5 Å². The van der Waals surface area contributed by atoms with Gasteiger partial charge in [0.15, 0.2) is 11.5 Å². The van der Waals surface area contributed by atoms with Gasteiger partial charge in [-0.15, -0.1) is 0 Å². The Morgan fingerprint density at radius 3 is 2.58 bits per heavy atom. The van der Waals surface area contributed by atoms with Crippen LogP contribution < -0.4 is 10.2 Å². The van der Waals surface area contributed by atoms with Crippen molar-refractivity contribution in [2.24, 2.45) is 0 Å². The summed E-state index contributed by atoms with van der Waals surface area (Å²) in [6.07, 6.45) is 4.80. The van der Waals surface area contributed by atoms with Crippen molar-refractivity contribution in [2.45, 2.75) is 18.6 Å². The molecule has 0 unspecified atom stereocenters. The minimum atomic E-state index is -0.381. The highest BCUT2D eigenvalue weighted by Crippen LogP contribution is 2.32. The Hall–Kier alpha value is -2.38. The van der Waals surface area contributed by atoms with E-state index in [4.69, 9.17) is 13.9 Å². The number of pyridine rings is 1. The summed E-state index contributed by atoms with van der Waals surface area (Å²) in [5.74, 6) is 0.494. The Bertz CT molecular complexity index is 683. The lowest BCUT2D eigenvalue weighted by Gasteiger charge is -2.38. The standard InChI is InChI=1S/C17H19N3O4/c21-16(14-2-1-9-22-14)19-13-3-4-15(18-12-13)20-7-5-17(6-8-20)23-10-11-24-17/h1-4,9,12H,5-8,10-11H2,(H,19,21). The first-order valence-corrected chi connectivity index (χ1v) is 8.08. The van der Waals surface area contributed by atoms with Gasteiger partial charge in [0.2, 0.25) is 0 Å². The molecule has 7 heteroatoms. The highest BCUT2D eigenvalue weighted by atomic mass is 16.7. The van der Waals surface area contributed by atoms with Gasteiger partial charge in [-0.1, -0.05) is 0 Å². The Labute approximate surface area is 139 Å². The van der Waals surface area contributed by atoms with E-state index in [0.717, 1.165) is 31.7 Å². The van der Waals surface area contributed by atoms with Crippen molar-refractivity contribution in [1.29, 1.82) is 0 Å². The molecule has 0 aliphatic carbocycles. The number of nitrogens with one attached hydrogen (secondary N) is 1. The summed E-state index contributed by atoms with van der Waals surface area (Å²) >= 11 is 0. The van der Waals surface area contributed by atoms with Crippen molar-refractivity contribution < 1.29 is 18.7 Å². The zero-order valence-electron chi connectivity index (χ0n) is 13.2. The van der Waals surface area contributed by atoms with Crippen LogP contribution in [0.25, 0.3) is 0 Å². The minimum Gasteiger partial charge on any atom is -0.459 e. The maximum Gasteiger partial charge on any atom is 0.291 e. The molecule has 0 aromatic carbocycles. The number of piperidine rings is 1. The van der Waals surface area contributed by atoms with Gasteiger partial charge in [0.25, 0.3) is 5.91 Å². The molecule has 4 rings (SSSR count). The summed E-state index contributed by atoms with van der Waals surface area (Å²) in [7, 11) is 0. The van der Waals surface area contributed by atoms with Gasteiger partial charge in [-0.2, -0.15) is 0 Å². The maximum atomic E-state index is 11.9. The molecule has 4 heterocycles. The summed E-state index contributed by atoms with van der Waals surface area (Å²) < 4.78 is 16.5. The number of rotatable bonds is 3. The van der Waals surface area contributed by atoms with E-state index in [-0.39, 0.29) is 17.5 Å². The predicted molar refractivity (Wildman–Crippen MR) is 87.0 cm³/mol. The molecule has 126 valence electrons.